The first-order chi connectivity index (χ1) is 18.7. The molecule has 1 aliphatic carbocycles. The van der Waals surface area contributed by atoms with Gasteiger partial charge in [0.05, 0.1) is 17.7 Å². The Kier molecular flexibility index (Phi) is 6.23. The van der Waals surface area contributed by atoms with Gasteiger partial charge in [-0.2, -0.15) is 0 Å². The van der Waals surface area contributed by atoms with Crippen molar-refractivity contribution in [3.63, 3.8) is 0 Å². The molecule has 1 aliphatic rings. The van der Waals surface area contributed by atoms with Crippen molar-refractivity contribution in [2.24, 2.45) is 4.99 Å². The maximum Gasteiger partial charge on any atom is 0.0729 e. The summed E-state index contributed by atoms with van der Waals surface area (Å²) >= 11 is 0. The van der Waals surface area contributed by atoms with E-state index in [1.54, 1.807) is 0 Å². The van der Waals surface area contributed by atoms with Gasteiger partial charge in [0.15, 0.2) is 0 Å². The van der Waals surface area contributed by atoms with E-state index in [4.69, 9.17) is 10.7 Å². The largest absolute Gasteiger partial charge is 0.399 e. The molecule has 5 aromatic carbocycles. The van der Waals surface area contributed by atoms with E-state index in [1.165, 1.54) is 39.0 Å². The summed E-state index contributed by atoms with van der Waals surface area (Å²) in [6.45, 7) is 2.88. The van der Waals surface area contributed by atoms with E-state index in [9.17, 15) is 0 Å². The summed E-state index contributed by atoms with van der Waals surface area (Å²) < 4.78 is 0. The fraction of sp³-hybridized carbons (Fsp3) is 0.0833. The van der Waals surface area contributed by atoms with Crippen LogP contribution in [-0.4, -0.2) is 5.71 Å². The Balaban J connectivity index is 1.68. The van der Waals surface area contributed by atoms with E-state index >= 15 is 0 Å². The lowest BCUT2D eigenvalue weighted by molar-refractivity contribution is 0.744. The number of benzene rings is 5. The van der Waals surface area contributed by atoms with E-state index in [0.717, 1.165) is 17.0 Å². The van der Waals surface area contributed by atoms with Crippen molar-refractivity contribution in [1.29, 1.82) is 0 Å². The molecule has 2 heteroatoms. The summed E-state index contributed by atoms with van der Waals surface area (Å²) in [4.78, 5) is 5.30. The van der Waals surface area contributed by atoms with Gasteiger partial charge in [0.25, 0.3) is 0 Å². The van der Waals surface area contributed by atoms with Crippen molar-refractivity contribution in [3.8, 4) is 0 Å². The number of aliphatic imine (C=N–C) groups is 1. The lowest BCUT2D eigenvalue weighted by atomic mass is 9.67. The number of hydrogen-bond donors (Lipinski definition) is 1. The Morgan fingerprint density at radius 2 is 1.26 bits per heavy atom. The molecule has 184 valence electrons. The molecule has 38 heavy (non-hydrogen) atoms. The van der Waals surface area contributed by atoms with Crippen molar-refractivity contribution in [2.45, 2.75) is 18.9 Å². The molecule has 0 radical (unpaired) electrons. The maximum atomic E-state index is 6.39. The van der Waals surface area contributed by atoms with Crippen LogP contribution >= 0.6 is 0 Å². The SMILES string of the molecule is CC1=C(/C(=N\Cc2ccccc2)c2ccccc2)c2ccccc2C1(c1ccccc1)c1cccc(N)c1. The van der Waals surface area contributed by atoms with Crippen LogP contribution in [0.1, 0.15) is 40.3 Å². The van der Waals surface area contributed by atoms with Crippen molar-refractivity contribution >= 4 is 17.0 Å². The molecule has 2 nitrogen and oxygen atoms in total. The number of nitrogens with two attached hydrogens (primary N) is 1. The van der Waals surface area contributed by atoms with Gasteiger partial charge in [-0.15, -0.1) is 0 Å². The summed E-state index contributed by atoms with van der Waals surface area (Å²) in [5.41, 5.74) is 17.3. The lowest BCUT2D eigenvalue weighted by Crippen LogP contribution is -2.29. The predicted molar refractivity (Wildman–Crippen MR) is 159 cm³/mol. The Morgan fingerprint density at radius 1 is 0.658 bits per heavy atom. The highest BCUT2D eigenvalue weighted by atomic mass is 14.7. The number of hydrogen-bond acceptors (Lipinski definition) is 2. The topological polar surface area (TPSA) is 38.4 Å². The van der Waals surface area contributed by atoms with Crippen LogP contribution < -0.4 is 5.73 Å². The van der Waals surface area contributed by atoms with Crippen LogP contribution in [0.2, 0.25) is 0 Å². The van der Waals surface area contributed by atoms with Gasteiger partial charge in [0, 0.05) is 16.8 Å². The molecule has 0 heterocycles. The predicted octanol–water partition coefficient (Wildman–Crippen LogP) is 8.08. The fourth-order valence-corrected chi connectivity index (χ4v) is 5.96. The van der Waals surface area contributed by atoms with Crippen LogP contribution in [0.25, 0.3) is 5.57 Å². The molecule has 1 unspecified atom stereocenters. The van der Waals surface area contributed by atoms with Gasteiger partial charge in [-0.1, -0.05) is 127 Å². The summed E-state index contributed by atoms with van der Waals surface area (Å²) in [5, 5.41) is 0. The smallest absolute Gasteiger partial charge is 0.0729 e. The molecule has 0 aromatic heterocycles. The Labute approximate surface area is 224 Å². The molecule has 0 spiro atoms. The average molecular weight is 491 g/mol. The third-order valence-electron chi connectivity index (χ3n) is 7.61. The molecule has 2 N–H and O–H groups in total. The van der Waals surface area contributed by atoms with E-state index in [-0.39, 0.29) is 0 Å². The summed E-state index contributed by atoms with van der Waals surface area (Å²) in [5.74, 6) is 0. The fourth-order valence-electron chi connectivity index (χ4n) is 5.96. The van der Waals surface area contributed by atoms with E-state index < -0.39 is 5.41 Å². The highest BCUT2D eigenvalue weighted by Crippen LogP contribution is 2.55. The number of anilines is 1. The second-order valence-electron chi connectivity index (χ2n) is 9.80. The number of nitrogens with zero attached hydrogens (tertiary/aromatic N) is 1. The van der Waals surface area contributed by atoms with Crippen LogP contribution in [0.5, 0.6) is 0 Å². The van der Waals surface area contributed by atoms with Gasteiger partial charge in [-0.3, -0.25) is 4.99 Å². The Morgan fingerprint density at radius 3 is 1.97 bits per heavy atom. The van der Waals surface area contributed by atoms with Gasteiger partial charge in [-0.25, -0.2) is 0 Å². The molecule has 5 aromatic rings. The molecule has 0 saturated carbocycles. The van der Waals surface area contributed by atoms with Crippen LogP contribution in [-0.2, 0) is 12.0 Å². The first-order valence-electron chi connectivity index (χ1n) is 13.1. The third kappa shape index (κ3) is 3.95. The van der Waals surface area contributed by atoms with Crippen LogP contribution in [0.15, 0.2) is 150 Å². The normalized spacial score (nSPS) is 16.9. The maximum absolute atomic E-state index is 6.39. The first-order valence-corrected chi connectivity index (χ1v) is 13.1. The van der Waals surface area contributed by atoms with Crippen molar-refractivity contribution < 1.29 is 0 Å². The average Bonchev–Trinajstić information content (AvgIpc) is 3.23. The van der Waals surface area contributed by atoms with Crippen LogP contribution in [0, 0.1) is 0 Å². The minimum absolute atomic E-state index is 0.481. The lowest BCUT2D eigenvalue weighted by Gasteiger charge is -2.34. The zero-order chi connectivity index (χ0) is 26.0. The van der Waals surface area contributed by atoms with Gasteiger partial charge in [0.1, 0.15) is 0 Å². The molecule has 0 saturated heterocycles. The van der Waals surface area contributed by atoms with Crippen molar-refractivity contribution in [2.75, 3.05) is 5.73 Å². The van der Waals surface area contributed by atoms with Gasteiger partial charge < -0.3 is 5.73 Å². The standard InChI is InChI=1S/C36H30N2/c1-26-34(35(28-16-7-3-8-17-28)38-25-27-14-5-2-6-15-27)32-22-11-12-23-33(32)36(26,29-18-9-4-10-19-29)30-20-13-21-31(37)24-30/h2-24H,25,37H2,1H3/b38-35-. The second kappa shape index (κ2) is 9.99. The molecule has 0 bridgehead atoms. The monoisotopic (exact) mass is 490 g/mol. The van der Waals surface area contributed by atoms with E-state index in [2.05, 4.69) is 134 Å². The molecule has 0 aliphatic heterocycles. The minimum Gasteiger partial charge on any atom is -0.399 e. The van der Waals surface area contributed by atoms with E-state index in [0.29, 0.717) is 6.54 Å². The zero-order valence-corrected chi connectivity index (χ0v) is 21.5. The van der Waals surface area contributed by atoms with E-state index in [1.807, 2.05) is 12.1 Å². The Hall–Kier alpha value is -4.69. The molecule has 0 amide bonds. The molecule has 1 atom stereocenters. The Bertz CT molecular complexity index is 1630. The quantitative estimate of drug-likeness (QED) is 0.190. The molecule has 6 rings (SSSR count). The van der Waals surface area contributed by atoms with Crippen molar-refractivity contribution in [3.05, 3.63) is 178 Å². The second-order valence-corrected chi connectivity index (χ2v) is 9.80. The number of nitrogen functional groups attached to an aromatic ring is 1. The minimum atomic E-state index is -0.481. The third-order valence-corrected chi connectivity index (χ3v) is 7.61. The summed E-state index contributed by atoms with van der Waals surface area (Å²) in [7, 11) is 0. The van der Waals surface area contributed by atoms with Gasteiger partial charge >= 0.3 is 0 Å². The first kappa shape index (κ1) is 23.7. The van der Waals surface area contributed by atoms with Crippen LogP contribution in [0.3, 0.4) is 0 Å². The van der Waals surface area contributed by atoms with Crippen LogP contribution in [0.4, 0.5) is 5.69 Å². The molecular weight excluding hydrogens is 460 g/mol. The number of allylic oxidation sites excluding steroid dienone is 2. The summed E-state index contributed by atoms with van der Waals surface area (Å²) in [6.07, 6.45) is 0. The van der Waals surface area contributed by atoms with Crippen molar-refractivity contribution in [1.82, 2.24) is 0 Å². The number of fused-ring (bicyclic) bond motifs is 1. The molecular formula is C36H30N2. The highest BCUT2D eigenvalue weighted by molar-refractivity contribution is 6.34. The molecule has 0 fully saturated rings. The van der Waals surface area contributed by atoms with Gasteiger partial charge in [0.2, 0.25) is 0 Å². The highest BCUT2D eigenvalue weighted by Gasteiger charge is 2.46. The van der Waals surface area contributed by atoms with Gasteiger partial charge in [-0.05, 0) is 52.4 Å². The summed E-state index contributed by atoms with van der Waals surface area (Å²) in [6, 6.07) is 48.9. The zero-order valence-electron chi connectivity index (χ0n) is 21.5. The number of rotatable bonds is 6.